The summed E-state index contributed by atoms with van der Waals surface area (Å²) in [5.41, 5.74) is 1.49. The lowest BCUT2D eigenvalue weighted by atomic mass is 9.98. The summed E-state index contributed by atoms with van der Waals surface area (Å²) >= 11 is 0. The van der Waals surface area contributed by atoms with E-state index in [-0.39, 0.29) is 6.03 Å². The van der Waals surface area contributed by atoms with Gasteiger partial charge in [-0.2, -0.15) is 0 Å². The number of imidazole rings is 1. The van der Waals surface area contributed by atoms with E-state index in [0.29, 0.717) is 32.1 Å². The van der Waals surface area contributed by atoms with E-state index in [1.807, 2.05) is 30.0 Å². The van der Waals surface area contributed by atoms with Gasteiger partial charge in [0.2, 0.25) is 0 Å². The van der Waals surface area contributed by atoms with Gasteiger partial charge < -0.3 is 19.9 Å². The molecular formula is C19H26N4O2. The van der Waals surface area contributed by atoms with Crippen LogP contribution >= 0.6 is 0 Å². The van der Waals surface area contributed by atoms with Crippen LogP contribution in [0, 0.1) is 0 Å². The average Bonchev–Trinajstić information content (AvgIpc) is 3.37. The largest absolute Gasteiger partial charge is 0.390 e. The van der Waals surface area contributed by atoms with E-state index in [1.165, 1.54) is 12.8 Å². The van der Waals surface area contributed by atoms with Crippen molar-refractivity contribution in [1.82, 2.24) is 19.8 Å². The third-order valence-corrected chi connectivity index (χ3v) is 5.33. The van der Waals surface area contributed by atoms with Gasteiger partial charge in [0, 0.05) is 19.1 Å². The first kappa shape index (κ1) is 16.4. The molecule has 0 spiro atoms. The summed E-state index contributed by atoms with van der Waals surface area (Å²) in [5.74, 6) is 0.930. The molecule has 25 heavy (non-hydrogen) atoms. The first-order valence-corrected chi connectivity index (χ1v) is 9.24. The van der Waals surface area contributed by atoms with E-state index in [9.17, 15) is 9.90 Å². The third kappa shape index (κ3) is 3.49. The van der Waals surface area contributed by atoms with E-state index < -0.39 is 5.60 Å². The maximum atomic E-state index is 12.5. The van der Waals surface area contributed by atoms with Crippen LogP contribution in [0.15, 0.2) is 24.3 Å². The number of amides is 2. The van der Waals surface area contributed by atoms with Gasteiger partial charge in [0.25, 0.3) is 0 Å². The number of likely N-dealkylation sites (tertiary alicyclic amines) is 1. The Hall–Kier alpha value is -2.08. The normalized spacial score (nSPS) is 24.3. The minimum Gasteiger partial charge on any atom is -0.390 e. The molecule has 1 saturated heterocycles. The second-order valence-electron chi connectivity index (χ2n) is 7.61. The zero-order valence-electron chi connectivity index (χ0n) is 14.7. The topological polar surface area (TPSA) is 70.4 Å². The van der Waals surface area contributed by atoms with Gasteiger partial charge in [-0.3, -0.25) is 0 Å². The fraction of sp³-hybridized carbons (Fsp3) is 0.579. The van der Waals surface area contributed by atoms with E-state index >= 15 is 0 Å². The Bertz CT molecular complexity index is 779. The van der Waals surface area contributed by atoms with Crippen LogP contribution in [0.4, 0.5) is 4.79 Å². The predicted molar refractivity (Wildman–Crippen MR) is 96.3 cm³/mol. The second kappa shape index (κ2) is 6.33. The summed E-state index contributed by atoms with van der Waals surface area (Å²) in [6.07, 6.45) is 4.57. The fourth-order valence-corrected chi connectivity index (χ4v) is 3.69. The molecule has 2 aromatic rings. The maximum Gasteiger partial charge on any atom is 0.317 e. The fourth-order valence-electron chi connectivity index (χ4n) is 3.69. The zero-order chi connectivity index (χ0) is 17.4. The number of hydrogen-bond acceptors (Lipinski definition) is 3. The van der Waals surface area contributed by atoms with Crippen molar-refractivity contribution in [3.8, 4) is 0 Å². The Balaban J connectivity index is 1.45. The highest BCUT2D eigenvalue weighted by molar-refractivity contribution is 5.77. The molecule has 1 aliphatic carbocycles. The van der Waals surface area contributed by atoms with Crippen LogP contribution in [0.25, 0.3) is 11.0 Å². The Morgan fingerprint density at radius 1 is 1.32 bits per heavy atom. The van der Waals surface area contributed by atoms with E-state index in [4.69, 9.17) is 4.98 Å². The average molecular weight is 342 g/mol. The monoisotopic (exact) mass is 342 g/mol. The molecule has 2 heterocycles. The molecular weight excluding hydrogens is 316 g/mol. The molecule has 1 aliphatic heterocycles. The van der Waals surface area contributed by atoms with E-state index in [1.54, 1.807) is 0 Å². The molecule has 1 aromatic carbocycles. The Morgan fingerprint density at radius 2 is 2.12 bits per heavy atom. The third-order valence-electron chi connectivity index (χ3n) is 5.33. The van der Waals surface area contributed by atoms with Crippen molar-refractivity contribution in [3.05, 3.63) is 30.1 Å². The molecule has 4 rings (SSSR count). The minimum absolute atomic E-state index is 0.0629. The molecule has 1 aromatic heterocycles. The molecule has 2 aliphatic rings. The highest BCUT2D eigenvalue weighted by Crippen LogP contribution is 2.38. The van der Waals surface area contributed by atoms with Gasteiger partial charge in [0.05, 0.1) is 23.2 Å². The van der Waals surface area contributed by atoms with Crippen molar-refractivity contribution in [2.75, 3.05) is 13.1 Å². The smallest absolute Gasteiger partial charge is 0.317 e. The lowest BCUT2D eigenvalue weighted by molar-refractivity contribution is 0.0456. The van der Waals surface area contributed by atoms with Gasteiger partial charge in [-0.05, 0) is 51.2 Å². The second-order valence-corrected chi connectivity index (χ2v) is 7.61. The van der Waals surface area contributed by atoms with Crippen LogP contribution in [0.3, 0.4) is 0 Å². The van der Waals surface area contributed by atoms with Gasteiger partial charge in [-0.25, -0.2) is 9.78 Å². The van der Waals surface area contributed by atoms with Crippen LogP contribution in [0.1, 0.15) is 50.9 Å². The van der Waals surface area contributed by atoms with Gasteiger partial charge in [0.15, 0.2) is 0 Å². The number of carbonyl (C=O) groups excluding carboxylic acids is 1. The molecule has 1 saturated carbocycles. The molecule has 134 valence electrons. The Morgan fingerprint density at radius 3 is 2.92 bits per heavy atom. The Kier molecular flexibility index (Phi) is 4.15. The van der Waals surface area contributed by atoms with Crippen molar-refractivity contribution in [1.29, 1.82) is 0 Å². The number of nitrogens with zero attached hydrogens (tertiary/aromatic N) is 3. The number of aromatic nitrogens is 2. The maximum absolute atomic E-state index is 12.5. The van der Waals surface area contributed by atoms with Crippen molar-refractivity contribution < 1.29 is 9.90 Å². The molecule has 0 bridgehead atoms. The van der Waals surface area contributed by atoms with Crippen molar-refractivity contribution in [2.24, 2.45) is 0 Å². The summed E-state index contributed by atoms with van der Waals surface area (Å²) in [5, 5.41) is 13.2. The summed E-state index contributed by atoms with van der Waals surface area (Å²) < 4.78 is 2.28. The number of rotatable bonds is 3. The minimum atomic E-state index is -0.658. The molecule has 2 N–H and O–H groups in total. The first-order valence-electron chi connectivity index (χ1n) is 9.24. The number of nitrogens with one attached hydrogen (secondary N) is 1. The molecule has 6 nitrogen and oxygen atoms in total. The van der Waals surface area contributed by atoms with E-state index in [2.05, 4.69) is 16.0 Å². The number of fused-ring (bicyclic) bond motifs is 1. The summed E-state index contributed by atoms with van der Waals surface area (Å²) in [7, 11) is 0. The highest BCUT2D eigenvalue weighted by Gasteiger charge is 2.29. The van der Waals surface area contributed by atoms with Gasteiger partial charge in [0.1, 0.15) is 5.82 Å². The highest BCUT2D eigenvalue weighted by atomic mass is 16.3. The van der Waals surface area contributed by atoms with Crippen LogP contribution in [0.5, 0.6) is 0 Å². The molecule has 6 heteroatoms. The molecule has 0 unspecified atom stereocenters. The van der Waals surface area contributed by atoms with Gasteiger partial charge in [-0.1, -0.05) is 12.1 Å². The van der Waals surface area contributed by atoms with Crippen LogP contribution in [-0.2, 0) is 6.54 Å². The number of hydrogen-bond donors (Lipinski definition) is 2. The lowest BCUT2D eigenvalue weighted by Crippen LogP contribution is -2.41. The summed E-state index contributed by atoms with van der Waals surface area (Å²) in [6.45, 7) is 3.59. The van der Waals surface area contributed by atoms with Gasteiger partial charge >= 0.3 is 6.03 Å². The molecule has 1 atom stereocenters. The molecule has 2 fully saturated rings. The van der Waals surface area contributed by atoms with E-state index in [0.717, 1.165) is 29.7 Å². The standard InChI is InChI=1S/C19H26N4O2/c1-19(25)9-4-11-22(12-10-19)18(24)20-13-17-21-15-5-2-3-6-16(15)23(17)14-7-8-14/h2-3,5-6,14,25H,4,7-13H2,1H3,(H,20,24)/t19-/m1/s1. The Labute approximate surface area is 147 Å². The number of urea groups is 1. The number of aliphatic hydroxyl groups is 1. The van der Waals surface area contributed by atoms with Crippen LogP contribution in [-0.4, -0.2) is 44.3 Å². The predicted octanol–water partition coefficient (Wildman–Crippen LogP) is 2.82. The summed E-state index contributed by atoms with van der Waals surface area (Å²) in [6, 6.07) is 8.62. The quantitative estimate of drug-likeness (QED) is 0.901. The van der Waals surface area contributed by atoms with Crippen molar-refractivity contribution in [2.45, 2.75) is 57.2 Å². The van der Waals surface area contributed by atoms with Crippen molar-refractivity contribution in [3.63, 3.8) is 0 Å². The van der Waals surface area contributed by atoms with Crippen LogP contribution < -0.4 is 5.32 Å². The van der Waals surface area contributed by atoms with Gasteiger partial charge in [-0.15, -0.1) is 0 Å². The van der Waals surface area contributed by atoms with Crippen molar-refractivity contribution >= 4 is 17.1 Å². The lowest BCUT2D eigenvalue weighted by Gasteiger charge is -2.23. The summed E-state index contributed by atoms with van der Waals surface area (Å²) in [4.78, 5) is 19.1. The van der Waals surface area contributed by atoms with Crippen LogP contribution in [0.2, 0.25) is 0 Å². The zero-order valence-corrected chi connectivity index (χ0v) is 14.7. The molecule has 0 radical (unpaired) electrons. The number of benzene rings is 1. The number of carbonyl (C=O) groups is 1. The SMILES string of the molecule is C[C@@]1(O)CCCN(C(=O)NCc2nc3ccccc3n2C2CC2)CC1. The first-order chi connectivity index (χ1) is 12.0. The number of para-hydroxylation sites is 2. The molecule has 2 amide bonds.